The van der Waals surface area contributed by atoms with Gasteiger partial charge in [-0.05, 0) is 42.4 Å². The Hall–Kier alpha value is -2.10. The maximum absolute atomic E-state index is 12.3. The molecule has 0 fully saturated rings. The molecule has 0 aliphatic heterocycles. The van der Waals surface area contributed by atoms with Crippen LogP contribution in [-0.2, 0) is 16.0 Å². The molecular weight excluding hydrogens is 288 g/mol. The van der Waals surface area contributed by atoms with Crippen molar-refractivity contribution < 1.29 is 9.59 Å². The Bertz CT molecular complexity index is 540. The summed E-state index contributed by atoms with van der Waals surface area (Å²) in [5, 5.41) is 5.78. The van der Waals surface area contributed by atoms with Gasteiger partial charge in [-0.25, -0.2) is 0 Å². The smallest absolute Gasteiger partial charge is 0.247 e. The van der Waals surface area contributed by atoms with Crippen molar-refractivity contribution in [2.75, 3.05) is 11.9 Å². The predicted octanol–water partition coefficient (Wildman–Crippen LogP) is 3.69. The normalized spacial score (nSPS) is 10.9. The molecule has 0 saturated carbocycles. The van der Waals surface area contributed by atoms with Gasteiger partial charge in [0.2, 0.25) is 11.8 Å². The highest BCUT2D eigenvalue weighted by molar-refractivity contribution is 5.99. The lowest BCUT2D eigenvalue weighted by molar-refractivity contribution is -0.121. The molecule has 0 saturated heterocycles. The fourth-order valence-electron chi connectivity index (χ4n) is 2.63. The van der Waals surface area contributed by atoms with Gasteiger partial charge in [0.15, 0.2) is 0 Å². The molecule has 2 N–H and O–H groups in total. The van der Waals surface area contributed by atoms with Crippen LogP contribution in [0.5, 0.6) is 0 Å². The molecule has 0 bridgehead atoms. The van der Waals surface area contributed by atoms with E-state index < -0.39 is 0 Å². The van der Waals surface area contributed by atoms with E-state index >= 15 is 0 Å². The van der Waals surface area contributed by atoms with E-state index in [1.165, 1.54) is 6.08 Å². The van der Waals surface area contributed by atoms with Crippen molar-refractivity contribution >= 4 is 17.5 Å². The van der Waals surface area contributed by atoms with Gasteiger partial charge >= 0.3 is 0 Å². The number of nitrogens with one attached hydrogen (secondary N) is 2. The van der Waals surface area contributed by atoms with Crippen LogP contribution in [0.15, 0.2) is 36.9 Å². The molecule has 0 heterocycles. The van der Waals surface area contributed by atoms with Gasteiger partial charge in [0.05, 0.1) is 6.42 Å². The van der Waals surface area contributed by atoms with Gasteiger partial charge in [-0.1, -0.05) is 45.5 Å². The van der Waals surface area contributed by atoms with E-state index in [1.54, 1.807) is 6.07 Å². The van der Waals surface area contributed by atoms with E-state index in [9.17, 15) is 9.59 Å². The molecule has 0 spiro atoms. The summed E-state index contributed by atoms with van der Waals surface area (Å²) in [5.74, 6) is -0.301. The number of rotatable bonds is 9. The van der Waals surface area contributed by atoms with Gasteiger partial charge in [0.1, 0.15) is 0 Å². The van der Waals surface area contributed by atoms with Crippen molar-refractivity contribution in [2.45, 2.75) is 46.5 Å². The monoisotopic (exact) mass is 316 g/mol. The first kappa shape index (κ1) is 18.9. The highest BCUT2D eigenvalue weighted by atomic mass is 16.2. The lowest BCUT2D eigenvalue weighted by atomic mass is 9.80. The first-order chi connectivity index (χ1) is 11.0. The molecular formula is C19H28N2O2. The minimum absolute atomic E-state index is 0.0231. The number of anilines is 1. The molecule has 126 valence electrons. The second-order valence-corrected chi connectivity index (χ2v) is 5.86. The van der Waals surface area contributed by atoms with E-state index in [4.69, 9.17) is 0 Å². The topological polar surface area (TPSA) is 58.2 Å². The molecule has 0 unspecified atom stereocenters. The minimum Gasteiger partial charge on any atom is -0.355 e. The van der Waals surface area contributed by atoms with Crippen LogP contribution < -0.4 is 10.6 Å². The molecule has 0 atom stereocenters. The van der Waals surface area contributed by atoms with Gasteiger partial charge < -0.3 is 10.6 Å². The lowest BCUT2D eigenvalue weighted by Gasteiger charge is -2.30. The van der Waals surface area contributed by atoms with Crippen LogP contribution in [-0.4, -0.2) is 18.4 Å². The molecule has 0 radical (unpaired) electrons. The molecule has 23 heavy (non-hydrogen) atoms. The van der Waals surface area contributed by atoms with Crippen molar-refractivity contribution in [3.8, 4) is 0 Å². The van der Waals surface area contributed by atoms with E-state index in [2.05, 4.69) is 38.0 Å². The Labute approximate surface area is 139 Å². The molecule has 4 heteroatoms. The summed E-state index contributed by atoms with van der Waals surface area (Å²) in [6, 6.07) is 7.33. The van der Waals surface area contributed by atoms with E-state index in [1.807, 2.05) is 18.2 Å². The van der Waals surface area contributed by atoms with Crippen LogP contribution in [0.1, 0.15) is 45.6 Å². The van der Waals surface area contributed by atoms with Crippen molar-refractivity contribution in [1.29, 1.82) is 0 Å². The fraction of sp³-hybridized carbons (Fsp3) is 0.474. The predicted molar refractivity (Wildman–Crippen MR) is 95.3 cm³/mol. The van der Waals surface area contributed by atoms with Crippen molar-refractivity contribution in [1.82, 2.24) is 5.32 Å². The molecule has 4 nitrogen and oxygen atoms in total. The molecule has 1 rings (SSSR count). The van der Waals surface area contributed by atoms with Crippen molar-refractivity contribution in [3.05, 3.63) is 42.5 Å². The number of hydrogen-bond acceptors (Lipinski definition) is 2. The standard InChI is InChI=1S/C19H28N2O2/c1-5-17(22)21-16-12-10-9-11-15(16)13-18(23)20-14-19(6-2,7-3)8-4/h5,9-12H,1,6-8,13-14H2,2-4H3,(H,20,23)(H,21,22). The Morgan fingerprint density at radius 1 is 1.13 bits per heavy atom. The third-order valence-corrected chi connectivity index (χ3v) is 4.72. The molecule has 0 aliphatic carbocycles. The number of carbonyl (C=O) groups is 2. The zero-order chi connectivity index (χ0) is 17.3. The quantitative estimate of drug-likeness (QED) is 0.683. The third kappa shape index (κ3) is 5.55. The SMILES string of the molecule is C=CC(=O)Nc1ccccc1CC(=O)NCC(CC)(CC)CC. The van der Waals surface area contributed by atoms with Crippen LogP contribution in [0, 0.1) is 5.41 Å². The zero-order valence-corrected chi connectivity index (χ0v) is 14.4. The van der Waals surface area contributed by atoms with Gasteiger partial charge in [0.25, 0.3) is 0 Å². The summed E-state index contributed by atoms with van der Waals surface area (Å²) in [7, 11) is 0. The van der Waals surface area contributed by atoms with Crippen LogP contribution in [0.4, 0.5) is 5.69 Å². The second kappa shape index (κ2) is 9.13. The van der Waals surface area contributed by atoms with Crippen molar-refractivity contribution in [3.63, 3.8) is 0 Å². The van der Waals surface area contributed by atoms with E-state index in [0.29, 0.717) is 12.2 Å². The van der Waals surface area contributed by atoms with Gasteiger partial charge in [-0.3, -0.25) is 9.59 Å². The van der Waals surface area contributed by atoms with Crippen LogP contribution in [0.25, 0.3) is 0 Å². The summed E-state index contributed by atoms with van der Waals surface area (Å²) < 4.78 is 0. The minimum atomic E-state index is -0.278. The number of carbonyl (C=O) groups excluding carboxylic acids is 2. The Balaban J connectivity index is 2.71. The van der Waals surface area contributed by atoms with E-state index in [0.717, 1.165) is 24.8 Å². The average Bonchev–Trinajstić information content (AvgIpc) is 2.58. The second-order valence-electron chi connectivity index (χ2n) is 5.86. The summed E-state index contributed by atoms with van der Waals surface area (Å²) in [4.78, 5) is 23.7. The van der Waals surface area contributed by atoms with Gasteiger partial charge in [-0.15, -0.1) is 0 Å². The lowest BCUT2D eigenvalue weighted by Crippen LogP contribution is -2.37. The average molecular weight is 316 g/mol. The summed E-state index contributed by atoms with van der Waals surface area (Å²) >= 11 is 0. The first-order valence-electron chi connectivity index (χ1n) is 8.28. The Morgan fingerprint density at radius 3 is 2.30 bits per heavy atom. The highest BCUT2D eigenvalue weighted by Crippen LogP contribution is 2.29. The summed E-state index contributed by atoms with van der Waals surface area (Å²) in [6.45, 7) is 10.6. The number of hydrogen-bond donors (Lipinski definition) is 2. The highest BCUT2D eigenvalue weighted by Gasteiger charge is 2.24. The van der Waals surface area contributed by atoms with Crippen LogP contribution in [0.3, 0.4) is 0 Å². The Morgan fingerprint density at radius 2 is 1.74 bits per heavy atom. The largest absolute Gasteiger partial charge is 0.355 e. The third-order valence-electron chi connectivity index (χ3n) is 4.72. The number of para-hydroxylation sites is 1. The van der Waals surface area contributed by atoms with Gasteiger partial charge in [0, 0.05) is 12.2 Å². The molecule has 0 aromatic heterocycles. The van der Waals surface area contributed by atoms with Crippen molar-refractivity contribution in [2.24, 2.45) is 5.41 Å². The summed E-state index contributed by atoms with van der Waals surface area (Å²) in [6.07, 6.45) is 4.61. The molecule has 0 aliphatic rings. The Kier molecular flexibility index (Phi) is 7.52. The van der Waals surface area contributed by atoms with Gasteiger partial charge in [-0.2, -0.15) is 0 Å². The maximum atomic E-state index is 12.3. The van der Waals surface area contributed by atoms with Crippen LogP contribution in [0.2, 0.25) is 0 Å². The molecule has 1 aromatic rings. The van der Waals surface area contributed by atoms with Crippen LogP contribution >= 0.6 is 0 Å². The number of benzene rings is 1. The maximum Gasteiger partial charge on any atom is 0.247 e. The molecule has 1 aromatic carbocycles. The van der Waals surface area contributed by atoms with E-state index in [-0.39, 0.29) is 23.7 Å². The zero-order valence-electron chi connectivity index (χ0n) is 14.4. The molecule has 2 amide bonds. The number of amides is 2. The first-order valence-corrected chi connectivity index (χ1v) is 8.28. The summed E-state index contributed by atoms with van der Waals surface area (Å²) in [5.41, 5.74) is 1.63. The fourth-order valence-corrected chi connectivity index (χ4v) is 2.63.